The van der Waals surface area contributed by atoms with Crippen molar-refractivity contribution in [3.8, 4) is 0 Å². The Kier molecular flexibility index (Phi) is 14.1. The van der Waals surface area contributed by atoms with Crippen LogP contribution in [-0.4, -0.2) is 21.9 Å². The van der Waals surface area contributed by atoms with Gasteiger partial charge in [-0.25, -0.2) is 0 Å². The fraction of sp³-hybridized carbons (Fsp3) is 0.923. The van der Waals surface area contributed by atoms with Crippen molar-refractivity contribution in [1.82, 2.24) is 8.27 Å². The molecular weight excluding hydrogens is 360 g/mol. The van der Waals surface area contributed by atoms with Crippen LogP contribution in [0.3, 0.4) is 0 Å². The van der Waals surface area contributed by atoms with Gasteiger partial charge in [0.1, 0.15) is 0 Å². The molecule has 0 radical (unpaired) electrons. The number of unbranched alkanes of at least 4 members (excludes halogenated alkanes) is 7. The van der Waals surface area contributed by atoms with E-state index >= 15 is 0 Å². The third-order valence-corrected chi connectivity index (χ3v) is 3.57. The number of amides is 1. The largest absolute Gasteiger partial charge is 0.355 e. The van der Waals surface area contributed by atoms with Crippen LogP contribution in [-0.2, 0) is 4.79 Å². The van der Waals surface area contributed by atoms with Gasteiger partial charge in [-0.05, 0) is 6.42 Å². The molecule has 3 nitrogen and oxygen atoms in total. The Balaban J connectivity index is 3.15. The van der Waals surface area contributed by atoms with Gasteiger partial charge in [-0.1, -0.05) is 51.9 Å². The third kappa shape index (κ3) is 14.5. The van der Waals surface area contributed by atoms with E-state index in [-0.39, 0.29) is 5.91 Å². The van der Waals surface area contributed by atoms with E-state index in [2.05, 4.69) is 44.5 Å². The van der Waals surface area contributed by atoms with Crippen LogP contribution in [0.25, 0.3) is 0 Å². The second-order valence-corrected chi connectivity index (χ2v) is 7.27. The second-order valence-electron chi connectivity index (χ2n) is 4.60. The lowest BCUT2D eigenvalue weighted by molar-refractivity contribution is -0.121. The number of hydrogen-bond acceptors (Lipinski definition) is 2. The molecule has 0 unspecified atom stereocenters. The molecule has 0 aliphatic carbocycles. The molecule has 18 heavy (non-hydrogen) atoms. The zero-order valence-electron chi connectivity index (χ0n) is 11.4. The highest BCUT2D eigenvalue weighted by molar-refractivity contribution is 9.21. The molecule has 0 spiro atoms. The number of nitrogens with zero attached hydrogens (tertiary/aromatic N) is 1. The van der Waals surface area contributed by atoms with Crippen molar-refractivity contribution in [2.75, 3.05) is 13.1 Å². The molecule has 0 saturated carbocycles. The van der Waals surface area contributed by atoms with Crippen molar-refractivity contribution in [3.05, 3.63) is 0 Å². The van der Waals surface area contributed by atoms with Crippen LogP contribution in [0.15, 0.2) is 0 Å². The van der Waals surface area contributed by atoms with Gasteiger partial charge < -0.3 is 5.32 Å². The van der Waals surface area contributed by atoms with Crippen LogP contribution in [0.4, 0.5) is 0 Å². The summed E-state index contributed by atoms with van der Waals surface area (Å²) in [4.78, 5) is 11.4. The smallest absolute Gasteiger partial charge is 0.220 e. The van der Waals surface area contributed by atoms with E-state index in [4.69, 9.17) is 0 Å². The minimum absolute atomic E-state index is 0.169. The van der Waals surface area contributed by atoms with Crippen LogP contribution < -0.4 is 5.32 Å². The minimum atomic E-state index is 0.169. The summed E-state index contributed by atoms with van der Waals surface area (Å²) < 4.78 is 1.70. The Hall–Kier alpha value is 0.390. The topological polar surface area (TPSA) is 32.3 Å². The van der Waals surface area contributed by atoms with Crippen molar-refractivity contribution in [1.29, 1.82) is 0 Å². The first kappa shape index (κ1) is 18.4. The molecular formula is C13H26Br2N2O. The van der Waals surface area contributed by atoms with Gasteiger partial charge in [-0.2, -0.15) is 2.95 Å². The molecule has 0 fully saturated rings. The fourth-order valence-electron chi connectivity index (χ4n) is 1.79. The van der Waals surface area contributed by atoms with Crippen LogP contribution in [0.5, 0.6) is 0 Å². The highest BCUT2D eigenvalue weighted by Gasteiger charge is 2.01. The molecule has 0 aliphatic heterocycles. The number of rotatable bonds is 12. The molecule has 0 heterocycles. The normalized spacial score (nSPS) is 10.9. The van der Waals surface area contributed by atoms with E-state index in [0.717, 1.165) is 13.0 Å². The molecule has 0 aromatic carbocycles. The van der Waals surface area contributed by atoms with Crippen LogP contribution in [0, 0.1) is 0 Å². The van der Waals surface area contributed by atoms with Crippen LogP contribution in [0.1, 0.15) is 64.7 Å². The Bertz CT molecular complexity index is 201. The van der Waals surface area contributed by atoms with Gasteiger partial charge in [0.25, 0.3) is 0 Å². The first-order valence-electron chi connectivity index (χ1n) is 7.02. The predicted molar refractivity (Wildman–Crippen MR) is 84.8 cm³/mol. The van der Waals surface area contributed by atoms with Gasteiger partial charge in [0.05, 0.1) is 0 Å². The van der Waals surface area contributed by atoms with E-state index in [1.54, 1.807) is 2.95 Å². The molecule has 0 saturated heterocycles. The zero-order valence-corrected chi connectivity index (χ0v) is 14.6. The second kappa shape index (κ2) is 13.8. The molecule has 108 valence electrons. The standard InChI is InChI=1S/C13H26Br2N2O/c1-2-3-4-5-6-7-8-9-10-13(18)16-11-12-17(14)15/h2-12H2,1H3,(H,16,18). The quantitative estimate of drug-likeness (QED) is 0.394. The number of carbonyl (C=O) groups is 1. The third-order valence-electron chi connectivity index (χ3n) is 2.86. The van der Waals surface area contributed by atoms with Crippen molar-refractivity contribution >= 4 is 38.2 Å². The van der Waals surface area contributed by atoms with Crippen molar-refractivity contribution < 1.29 is 4.79 Å². The molecule has 0 atom stereocenters. The molecule has 1 N–H and O–H groups in total. The lowest BCUT2D eigenvalue weighted by Gasteiger charge is -2.07. The Morgan fingerprint density at radius 2 is 1.56 bits per heavy atom. The van der Waals surface area contributed by atoms with Crippen molar-refractivity contribution in [3.63, 3.8) is 0 Å². The molecule has 1 amide bonds. The summed E-state index contributed by atoms with van der Waals surface area (Å²) in [5.74, 6) is 0.169. The summed E-state index contributed by atoms with van der Waals surface area (Å²) in [6.45, 7) is 3.67. The van der Waals surface area contributed by atoms with Gasteiger partial charge in [-0.3, -0.25) is 4.79 Å². The molecule has 0 aromatic rings. The van der Waals surface area contributed by atoms with Gasteiger partial charge in [0.15, 0.2) is 0 Å². The van der Waals surface area contributed by atoms with Crippen LogP contribution in [0.2, 0.25) is 0 Å². The summed E-state index contributed by atoms with van der Waals surface area (Å²) >= 11 is 6.44. The van der Waals surface area contributed by atoms with E-state index in [9.17, 15) is 4.79 Å². The fourth-order valence-corrected chi connectivity index (χ4v) is 2.14. The number of halogens is 2. The van der Waals surface area contributed by atoms with Crippen molar-refractivity contribution in [2.45, 2.75) is 64.7 Å². The zero-order chi connectivity index (χ0) is 13.6. The monoisotopic (exact) mass is 384 g/mol. The minimum Gasteiger partial charge on any atom is -0.355 e. The number of carbonyl (C=O) groups excluding carboxylic acids is 1. The maximum absolute atomic E-state index is 11.4. The Labute approximate surface area is 129 Å². The van der Waals surface area contributed by atoms with Gasteiger partial charge in [0.2, 0.25) is 5.91 Å². The number of hydrogen-bond donors (Lipinski definition) is 1. The lowest BCUT2D eigenvalue weighted by Crippen LogP contribution is -2.28. The number of nitrogens with one attached hydrogen (secondary N) is 1. The highest BCUT2D eigenvalue weighted by Crippen LogP contribution is 2.09. The van der Waals surface area contributed by atoms with E-state index in [0.29, 0.717) is 13.0 Å². The average molecular weight is 386 g/mol. The molecule has 0 bridgehead atoms. The maximum atomic E-state index is 11.4. The van der Waals surface area contributed by atoms with Crippen LogP contribution >= 0.6 is 32.3 Å². The summed E-state index contributed by atoms with van der Waals surface area (Å²) in [6.07, 6.45) is 10.9. The van der Waals surface area contributed by atoms with Gasteiger partial charge in [0, 0.05) is 51.8 Å². The first-order valence-corrected chi connectivity index (χ1v) is 8.44. The molecule has 0 aromatic heterocycles. The van der Waals surface area contributed by atoms with Gasteiger partial charge >= 0.3 is 0 Å². The summed E-state index contributed by atoms with van der Waals surface area (Å²) in [5.41, 5.74) is 0. The SMILES string of the molecule is CCCCCCCCCCC(=O)NCCN(Br)Br. The summed E-state index contributed by atoms with van der Waals surface area (Å²) in [5, 5.41) is 2.89. The summed E-state index contributed by atoms with van der Waals surface area (Å²) in [6, 6.07) is 0. The highest BCUT2D eigenvalue weighted by atomic mass is 79.9. The lowest BCUT2D eigenvalue weighted by atomic mass is 10.1. The molecule has 5 heteroatoms. The average Bonchev–Trinajstić information content (AvgIpc) is 2.32. The molecule has 0 rings (SSSR count). The predicted octanol–water partition coefficient (Wildman–Crippen LogP) is 4.56. The maximum Gasteiger partial charge on any atom is 0.220 e. The Morgan fingerprint density at radius 1 is 1.00 bits per heavy atom. The first-order chi connectivity index (χ1) is 8.66. The Morgan fingerprint density at radius 3 is 2.11 bits per heavy atom. The van der Waals surface area contributed by atoms with Gasteiger partial charge in [-0.15, -0.1) is 0 Å². The van der Waals surface area contributed by atoms with E-state index < -0.39 is 0 Å². The summed E-state index contributed by atoms with van der Waals surface area (Å²) in [7, 11) is 0. The molecule has 0 aliphatic rings. The van der Waals surface area contributed by atoms with E-state index in [1.807, 2.05) is 0 Å². The van der Waals surface area contributed by atoms with E-state index in [1.165, 1.54) is 44.9 Å². The van der Waals surface area contributed by atoms with Crippen molar-refractivity contribution in [2.24, 2.45) is 0 Å².